The van der Waals surface area contributed by atoms with Crippen molar-refractivity contribution in [2.75, 3.05) is 4.81 Å². The molecule has 4 heterocycles. The minimum absolute atomic E-state index is 0.0302. The molecule has 0 unspecified atom stereocenters. The van der Waals surface area contributed by atoms with Crippen LogP contribution in [0.15, 0.2) is 182 Å². The highest BCUT2D eigenvalue weighted by Crippen LogP contribution is 2.50. The second-order valence-electron chi connectivity index (χ2n) is 14.0. The number of hydrogen-bond donors (Lipinski definition) is 0. The molecule has 0 N–H and O–H groups in total. The van der Waals surface area contributed by atoms with E-state index in [1.165, 1.54) is 93.9 Å². The Morgan fingerprint density at radius 3 is 1.67 bits per heavy atom. The van der Waals surface area contributed by atoms with Gasteiger partial charge >= 0.3 is 6.85 Å². The summed E-state index contributed by atoms with van der Waals surface area (Å²) in [5.41, 5.74) is 17.6. The van der Waals surface area contributed by atoms with Crippen molar-refractivity contribution in [3.05, 3.63) is 182 Å². The van der Waals surface area contributed by atoms with E-state index in [-0.39, 0.29) is 6.85 Å². The molecule has 10 aromatic rings. The summed E-state index contributed by atoms with van der Waals surface area (Å²) in [5.74, 6) is 0. The number of benzene rings is 8. The molecule has 0 radical (unpaired) electrons. The molecule has 8 aromatic carbocycles. The Morgan fingerprint density at radius 2 is 0.904 bits per heavy atom. The van der Waals surface area contributed by atoms with Crippen LogP contribution >= 0.6 is 0 Å². The Balaban J connectivity index is 1.28. The van der Waals surface area contributed by atoms with Crippen LogP contribution in [0, 0.1) is 0 Å². The van der Waals surface area contributed by atoms with Crippen LogP contribution in [0.5, 0.6) is 0 Å². The molecule has 0 saturated carbocycles. The highest BCUT2D eigenvalue weighted by Gasteiger charge is 2.43. The molecule has 3 nitrogen and oxygen atoms in total. The lowest BCUT2D eigenvalue weighted by Gasteiger charge is -2.43. The van der Waals surface area contributed by atoms with E-state index in [4.69, 9.17) is 0 Å². The van der Waals surface area contributed by atoms with Gasteiger partial charge in [-0.25, -0.2) is 0 Å². The molecule has 2 aliphatic rings. The van der Waals surface area contributed by atoms with Gasteiger partial charge in [0.2, 0.25) is 0 Å². The highest BCUT2D eigenvalue weighted by molar-refractivity contribution is 6.92. The van der Waals surface area contributed by atoms with Crippen molar-refractivity contribution in [1.82, 2.24) is 9.13 Å². The Morgan fingerprint density at radius 1 is 0.346 bits per heavy atom. The van der Waals surface area contributed by atoms with E-state index in [2.05, 4.69) is 196 Å². The second-order valence-corrected chi connectivity index (χ2v) is 14.0. The minimum Gasteiger partial charge on any atom is -0.376 e. The number of nitrogens with zero attached hydrogens (tertiary/aromatic N) is 3. The van der Waals surface area contributed by atoms with Gasteiger partial charge < -0.3 is 13.9 Å². The number of anilines is 2. The lowest BCUT2D eigenvalue weighted by Crippen LogP contribution is -2.59. The maximum Gasteiger partial charge on any atom is 0.329 e. The van der Waals surface area contributed by atoms with E-state index in [0.29, 0.717) is 0 Å². The van der Waals surface area contributed by atoms with Crippen molar-refractivity contribution in [3.63, 3.8) is 0 Å². The third-order valence-corrected chi connectivity index (χ3v) is 11.5. The summed E-state index contributed by atoms with van der Waals surface area (Å²) in [4.78, 5) is 2.59. The SMILES string of the molecule is c1ccc(-n2c3ccccc3c3c4c5ccc6c(c5n(-c5ccccc5)c4ccc32)-c2ccccc2N2B6c3ccccc3-c3ccccc32)cc1. The quantitative estimate of drug-likeness (QED) is 0.168. The lowest BCUT2D eigenvalue weighted by molar-refractivity contribution is 1.17. The van der Waals surface area contributed by atoms with Crippen molar-refractivity contribution < 1.29 is 0 Å². The predicted molar refractivity (Wildman–Crippen MR) is 220 cm³/mol. The van der Waals surface area contributed by atoms with Gasteiger partial charge in [-0.2, -0.15) is 0 Å². The van der Waals surface area contributed by atoms with Crippen LogP contribution in [0.4, 0.5) is 11.4 Å². The van der Waals surface area contributed by atoms with Crippen LogP contribution in [-0.2, 0) is 0 Å². The predicted octanol–water partition coefficient (Wildman–Crippen LogP) is 10.8. The smallest absolute Gasteiger partial charge is 0.329 e. The molecular weight excluding hydrogens is 629 g/mol. The van der Waals surface area contributed by atoms with E-state index in [9.17, 15) is 0 Å². The van der Waals surface area contributed by atoms with E-state index in [0.717, 1.165) is 5.69 Å². The fraction of sp³-hybridized carbons (Fsp3) is 0. The molecule has 0 amide bonds. The third kappa shape index (κ3) is 3.56. The van der Waals surface area contributed by atoms with Crippen LogP contribution in [0.3, 0.4) is 0 Å². The average Bonchev–Trinajstić information content (AvgIpc) is 3.74. The Labute approximate surface area is 301 Å². The number of fused-ring (bicyclic) bond motifs is 19. The zero-order valence-electron chi connectivity index (χ0n) is 28.2. The van der Waals surface area contributed by atoms with Crippen molar-refractivity contribution in [2.45, 2.75) is 0 Å². The first-order chi connectivity index (χ1) is 25.9. The Kier molecular flexibility index (Phi) is 5.58. The van der Waals surface area contributed by atoms with Crippen LogP contribution in [0.2, 0.25) is 0 Å². The lowest BCUT2D eigenvalue weighted by atomic mass is 9.43. The monoisotopic (exact) mass is 659 g/mol. The molecule has 0 bridgehead atoms. The fourth-order valence-corrected chi connectivity index (χ4v) is 9.52. The highest BCUT2D eigenvalue weighted by atomic mass is 15.1. The molecule has 0 saturated heterocycles. The molecule has 0 atom stereocenters. The van der Waals surface area contributed by atoms with Gasteiger partial charge in [0, 0.05) is 61.0 Å². The van der Waals surface area contributed by atoms with Gasteiger partial charge in [-0.3, -0.25) is 0 Å². The largest absolute Gasteiger partial charge is 0.376 e. The minimum atomic E-state index is 0.0302. The summed E-state index contributed by atoms with van der Waals surface area (Å²) in [6.45, 7) is 0.0302. The Hall–Kier alpha value is -6.78. The third-order valence-electron chi connectivity index (χ3n) is 11.5. The van der Waals surface area contributed by atoms with Gasteiger partial charge in [-0.05, 0) is 71.1 Å². The molecule has 240 valence electrons. The zero-order valence-corrected chi connectivity index (χ0v) is 28.2. The summed E-state index contributed by atoms with van der Waals surface area (Å²) in [6.07, 6.45) is 0. The summed E-state index contributed by atoms with van der Waals surface area (Å²) in [5, 5.41) is 5.12. The molecule has 0 fully saturated rings. The first-order valence-corrected chi connectivity index (χ1v) is 18.1. The van der Waals surface area contributed by atoms with Crippen molar-refractivity contribution >= 4 is 72.8 Å². The number of aromatic nitrogens is 2. The van der Waals surface area contributed by atoms with Gasteiger partial charge in [-0.1, -0.05) is 127 Å². The summed E-state index contributed by atoms with van der Waals surface area (Å²) in [7, 11) is 0. The maximum atomic E-state index is 2.59. The molecule has 12 rings (SSSR count). The Bertz CT molecular complexity index is 3080. The molecule has 52 heavy (non-hydrogen) atoms. The first kappa shape index (κ1) is 28.0. The molecule has 0 spiro atoms. The number of rotatable bonds is 2. The van der Waals surface area contributed by atoms with Gasteiger partial charge in [-0.15, -0.1) is 0 Å². The van der Waals surface area contributed by atoms with Gasteiger partial charge in [0.05, 0.1) is 22.1 Å². The number of para-hydroxylation sites is 5. The van der Waals surface area contributed by atoms with Crippen LogP contribution in [-0.4, -0.2) is 16.0 Å². The first-order valence-electron chi connectivity index (χ1n) is 18.1. The topological polar surface area (TPSA) is 13.1 Å². The summed E-state index contributed by atoms with van der Waals surface area (Å²) in [6, 6.07) is 67.1. The van der Waals surface area contributed by atoms with Crippen molar-refractivity contribution in [2.24, 2.45) is 0 Å². The van der Waals surface area contributed by atoms with Crippen molar-refractivity contribution in [1.29, 1.82) is 0 Å². The zero-order chi connectivity index (χ0) is 33.9. The number of hydrogen-bond acceptors (Lipinski definition) is 1. The molecule has 2 aromatic heterocycles. The van der Waals surface area contributed by atoms with Crippen LogP contribution in [0.1, 0.15) is 0 Å². The van der Waals surface area contributed by atoms with Gasteiger partial charge in [0.15, 0.2) is 0 Å². The molecule has 2 aliphatic heterocycles. The van der Waals surface area contributed by atoms with E-state index < -0.39 is 0 Å². The van der Waals surface area contributed by atoms with E-state index in [1.807, 2.05) is 0 Å². The molecular formula is C48H30BN3. The summed E-state index contributed by atoms with van der Waals surface area (Å²) < 4.78 is 4.96. The summed E-state index contributed by atoms with van der Waals surface area (Å²) >= 11 is 0. The van der Waals surface area contributed by atoms with Gasteiger partial charge in [0.1, 0.15) is 0 Å². The maximum absolute atomic E-state index is 2.59. The standard InChI is InChI=1S/C48H30BN3/c1-3-15-31(16-4-1)50-40-24-12-9-21-35(40)46-43(50)29-30-44-47(46)37-27-28-39-45(48(37)51(44)32-17-5-2-6-18-32)36-22-10-14-26-42(36)52-41-25-13-8-20-34(41)33-19-7-11-23-38(33)49(39)52/h1-30H. The van der Waals surface area contributed by atoms with Crippen molar-refractivity contribution in [3.8, 4) is 33.6 Å². The normalized spacial score (nSPS) is 12.9. The van der Waals surface area contributed by atoms with E-state index in [1.54, 1.807) is 0 Å². The molecule has 4 heteroatoms. The van der Waals surface area contributed by atoms with Crippen LogP contribution < -0.4 is 15.7 Å². The van der Waals surface area contributed by atoms with Gasteiger partial charge in [0.25, 0.3) is 0 Å². The average molecular weight is 660 g/mol. The van der Waals surface area contributed by atoms with Crippen LogP contribution in [0.25, 0.3) is 77.2 Å². The second kappa shape index (κ2) is 10.4. The fourth-order valence-electron chi connectivity index (χ4n) is 9.52. The van der Waals surface area contributed by atoms with E-state index >= 15 is 0 Å². The molecule has 0 aliphatic carbocycles.